The van der Waals surface area contributed by atoms with Gasteiger partial charge in [0.25, 0.3) is 0 Å². The zero-order valence-electron chi connectivity index (χ0n) is 8.10. The molecule has 0 saturated carbocycles. The van der Waals surface area contributed by atoms with Crippen LogP contribution in [0.5, 0.6) is 0 Å². The van der Waals surface area contributed by atoms with Gasteiger partial charge in [-0.15, -0.1) is 11.3 Å². The third-order valence-electron chi connectivity index (χ3n) is 1.84. The normalized spacial score (nSPS) is 13.5. The molecule has 1 aromatic rings. The molecular formula is C9H16N2OS. The third kappa shape index (κ3) is 4.36. The van der Waals surface area contributed by atoms with Crippen LogP contribution >= 0.6 is 11.3 Å². The van der Waals surface area contributed by atoms with E-state index in [1.807, 2.05) is 18.6 Å². The van der Waals surface area contributed by atoms with Gasteiger partial charge in [-0.2, -0.15) is 0 Å². The predicted octanol–water partition coefficient (Wildman–Crippen LogP) is 1.35. The molecule has 1 atom stereocenters. The van der Waals surface area contributed by atoms with Crippen molar-refractivity contribution in [3.05, 3.63) is 16.6 Å². The first kappa shape index (κ1) is 10.6. The Morgan fingerprint density at radius 1 is 1.69 bits per heavy atom. The van der Waals surface area contributed by atoms with Gasteiger partial charge in [-0.05, 0) is 20.4 Å². The van der Waals surface area contributed by atoms with Crippen molar-refractivity contribution in [1.82, 2.24) is 9.88 Å². The van der Waals surface area contributed by atoms with E-state index in [1.54, 1.807) is 11.3 Å². The summed E-state index contributed by atoms with van der Waals surface area (Å²) >= 11 is 1.67. The number of hydrogen-bond donors (Lipinski definition) is 1. The molecule has 1 heterocycles. The largest absolute Gasteiger partial charge is 0.393 e. The molecule has 74 valence electrons. The average Bonchev–Trinajstić information content (AvgIpc) is 2.53. The molecule has 0 aliphatic heterocycles. The van der Waals surface area contributed by atoms with Crippen LogP contribution in [0.1, 0.15) is 18.2 Å². The van der Waals surface area contributed by atoms with E-state index >= 15 is 0 Å². The highest BCUT2D eigenvalue weighted by molar-refractivity contribution is 7.09. The molecule has 0 spiro atoms. The zero-order chi connectivity index (χ0) is 9.68. The monoisotopic (exact) mass is 200 g/mol. The molecule has 0 bridgehead atoms. The van der Waals surface area contributed by atoms with Crippen molar-refractivity contribution in [2.75, 3.05) is 13.6 Å². The number of aliphatic hydroxyl groups is 1. The van der Waals surface area contributed by atoms with Crippen LogP contribution in [0, 0.1) is 0 Å². The molecule has 3 nitrogen and oxygen atoms in total. The third-order valence-corrected chi connectivity index (χ3v) is 2.60. The number of hydrogen-bond acceptors (Lipinski definition) is 4. The summed E-state index contributed by atoms with van der Waals surface area (Å²) in [6.45, 7) is 3.67. The van der Waals surface area contributed by atoms with E-state index in [2.05, 4.69) is 16.9 Å². The van der Waals surface area contributed by atoms with E-state index in [0.717, 1.165) is 19.5 Å². The minimum absolute atomic E-state index is 0.205. The van der Waals surface area contributed by atoms with Gasteiger partial charge >= 0.3 is 0 Å². The van der Waals surface area contributed by atoms with Crippen molar-refractivity contribution < 1.29 is 5.11 Å². The number of aromatic nitrogens is 1. The quantitative estimate of drug-likeness (QED) is 0.779. The van der Waals surface area contributed by atoms with Crippen LogP contribution in [0.15, 0.2) is 11.7 Å². The van der Waals surface area contributed by atoms with Gasteiger partial charge < -0.3 is 10.0 Å². The summed E-state index contributed by atoms with van der Waals surface area (Å²) in [6, 6.07) is 0. The number of nitrogens with zero attached hydrogens (tertiary/aromatic N) is 2. The molecular weight excluding hydrogens is 184 g/mol. The van der Waals surface area contributed by atoms with Gasteiger partial charge in [-0.25, -0.2) is 0 Å². The first-order valence-corrected chi connectivity index (χ1v) is 5.30. The molecule has 1 unspecified atom stereocenters. The van der Waals surface area contributed by atoms with Gasteiger partial charge in [0.05, 0.1) is 11.6 Å². The molecule has 1 rings (SSSR count). The van der Waals surface area contributed by atoms with Crippen molar-refractivity contribution in [3.63, 3.8) is 0 Å². The SMILES string of the molecule is CC(O)CCN(C)Cc1cncs1. The highest BCUT2D eigenvalue weighted by Gasteiger charge is 2.03. The predicted molar refractivity (Wildman–Crippen MR) is 54.7 cm³/mol. The van der Waals surface area contributed by atoms with Crippen molar-refractivity contribution >= 4 is 11.3 Å². The lowest BCUT2D eigenvalue weighted by Crippen LogP contribution is -2.21. The van der Waals surface area contributed by atoms with Crippen LogP contribution in [0.2, 0.25) is 0 Å². The van der Waals surface area contributed by atoms with Crippen molar-refractivity contribution in [2.45, 2.75) is 26.0 Å². The molecule has 0 aromatic carbocycles. The number of aliphatic hydroxyl groups excluding tert-OH is 1. The summed E-state index contributed by atoms with van der Waals surface area (Å²) in [5.41, 5.74) is 1.85. The molecule has 0 aliphatic rings. The first-order valence-electron chi connectivity index (χ1n) is 4.42. The van der Waals surface area contributed by atoms with E-state index in [9.17, 15) is 0 Å². The Labute approximate surface area is 83.0 Å². The molecule has 0 radical (unpaired) electrons. The van der Waals surface area contributed by atoms with Gasteiger partial charge in [0.1, 0.15) is 0 Å². The van der Waals surface area contributed by atoms with E-state index in [0.29, 0.717) is 0 Å². The Balaban J connectivity index is 2.22. The minimum Gasteiger partial charge on any atom is -0.393 e. The second kappa shape index (κ2) is 5.32. The summed E-state index contributed by atoms with van der Waals surface area (Å²) in [5, 5.41) is 9.09. The summed E-state index contributed by atoms with van der Waals surface area (Å²) in [4.78, 5) is 7.48. The molecule has 0 amide bonds. The molecule has 13 heavy (non-hydrogen) atoms. The molecule has 0 saturated heterocycles. The Kier molecular flexibility index (Phi) is 4.35. The second-order valence-corrected chi connectivity index (χ2v) is 4.31. The van der Waals surface area contributed by atoms with E-state index in [4.69, 9.17) is 5.11 Å². The van der Waals surface area contributed by atoms with Gasteiger partial charge in [0.15, 0.2) is 0 Å². The standard InChI is InChI=1S/C9H16N2OS/c1-8(12)3-4-11(2)6-9-5-10-7-13-9/h5,7-8,12H,3-4,6H2,1-2H3. The molecule has 1 N–H and O–H groups in total. The van der Waals surface area contributed by atoms with Crippen LogP contribution in [-0.2, 0) is 6.54 Å². The molecule has 0 fully saturated rings. The van der Waals surface area contributed by atoms with Crippen LogP contribution in [-0.4, -0.2) is 34.7 Å². The van der Waals surface area contributed by atoms with Crippen molar-refractivity contribution in [1.29, 1.82) is 0 Å². The number of thiazole rings is 1. The second-order valence-electron chi connectivity index (χ2n) is 3.34. The Morgan fingerprint density at radius 2 is 2.46 bits per heavy atom. The summed E-state index contributed by atoms with van der Waals surface area (Å²) in [7, 11) is 2.06. The molecule has 0 aliphatic carbocycles. The fourth-order valence-electron chi connectivity index (χ4n) is 1.07. The maximum Gasteiger partial charge on any atom is 0.0794 e. The van der Waals surface area contributed by atoms with Gasteiger partial charge in [-0.3, -0.25) is 4.98 Å². The number of rotatable bonds is 5. The highest BCUT2D eigenvalue weighted by atomic mass is 32.1. The Bertz CT molecular complexity index is 224. The lowest BCUT2D eigenvalue weighted by Gasteiger charge is -2.15. The van der Waals surface area contributed by atoms with Gasteiger partial charge in [0, 0.05) is 24.2 Å². The maximum absolute atomic E-state index is 9.09. The van der Waals surface area contributed by atoms with E-state index in [-0.39, 0.29) is 6.10 Å². The topological polar surface area (TPSA) is 36.4 Å². The smallest absolute Gasteiger partial charge is 0.0794 e. The van der Waals surface area contributed by atoms with Gasteiger partial charge in [0.2, 0.25) is 0 Å². The Morgan fingerprint density at radius 3 is 3.00 bits per heavy atom. The van der Waals surface area contributed by atoms with Crippen molar-refractivity contribution in [2.24, 2.45) is 0 Å². The fraction of sp³-hybridized carbons (Fsp3) is 0.667. The highest BCUT2D eigenvalue weighted by Crippen LogP contribution is 2.08. The summed E-state index contributed by atoms with van der Waals surface area (Å²) < 4.78 is 0. The molecule has 1 aromatic heterocycles. The van der Waals surface area contributed by atoms with Gasteiger partial charge in [-0.1, -0.05) is 0 Å². The van der Waals surface area contributed by atoms with Crippen LogP contribution in [0.4, 0.5) is 0 Å². The van der Waals surface area contributed by atoms with E-state index < -0.39 is 0 Å². The van der Waals surface area contributed by atoms with Crippen molar-refractivity contribution in [3.8, 4) is 0 Å². The van der Waals surface area contributed by atoms with Crippen LogP contribution in [0.25, 0.3) is 0 Å². The lowest BCUT2D eigenvalue weighted by molar-refractivity contribution is 0.163. The summed E-state index contributed by atoms with van der Waals surface area (Å²) in [5.74, 6) is 0. The maximum atomic E-state index is 9.09. The molecule has 4 heteroatoms. The minimum atomic E-state index is -0.205. The lowest BCUT2D eigenvalue weighted by atomic mass is 10.3. The van der Waals surface area contributed by atoms with Crippen LogP contribution < -0.4 is 0 Å². The van der Waals surface area contributed by atoms with Crippen LogP contribution in [0.3, 0.4) is 0 Å². The van der Waals surface area contributed by atoms with E-state index in [1.165, 1.54) is 4.88 Å². The average molecular weight is 200 g/mol. The first-order chi connectivity index (χ1) is 6.18. The Hall–Kier alpha value is -0.450. The summed E-state index contributed by atoms with van der Waals surface area (Å²) in [6.07, 6.45) is 2.52. The zero-order valence-corrected chi connectivity index (χ0v) is 8.92. The fourth-order valence-corrected chi connectivity index (χ4v) is 1.75.